The Labute approximate surface area is 185 Å². The van der Waals surface area contributed by atoms with E-state index in [9.17, 15) is 4.79 Å². The number of methoxy groups -OCH3 is 1. The van der Waals surface area contributed by atoms with E-state index in [4.69, 9.17) is 13.9 Å². The number of aromatic nitrogens is 3. The highest BCUT2D eigenvalue weighted by Crippen LogP contribution is 2.29. The Kier molecular flexibility index (Phi) is 6.93. The molecule has 2 atom stereocenters. The minimum absolute atomic E-state index is 0.0842. The second-order valence-corrected chi connectivity index (χ2v) is 8.65. The molecule has 1 fully saturated rings. The van der Waals surface area contributed by atoms with E-state index in [1.807, 2.05) is 37.3 Å². The Morgan fingerprint density at radius 2 is 2.16 bits per heavy atom. The van der Waals surface area contributed by atoms with Crippen LogP contribution in [0.5, 0.6) is 5.75 Å². The lowest BCUT2D eigenvalue weighted by Crippen LogP contribution is -2.30. The fraction of sp³-hybridized carbons (Fsp3) is 0.409. The average molecular weight is 443 g/mol. The van der Waals surface area contributed by atoms with Crippen LogP contribution in [-0.2, 0) is 22.6 Å². The molecule has 1 saturated heterocycles. The molecular formula is C22H26N4O4S. The molecule has 31 heavy (non-hydrogen) atoms. The van der Waals surface area contributed by atoms with Crippen LogP contribution >= 0.6 is 11.8 Å². The third kappa shape index (κ3) is 5.29. The number of nitrogens with one attached hydrogen (secondary N) is 1. The van der Waals surface area contributed by atoms with Gasteiger partial charge in [-0.3, -0.25) is 9.36 Å². The van der Waals surface area contributed by atoms with Gasteiger partial charge in [-0.1, -0.05) is 11.8 Å². The number of carbonyl (C=O) groups excluding carboxylic acids is 1. The summed E-state index contributed by atoms with van der Waals surface area (Å²) in [6.07, 6.45) is 3.77. The number of furan rings is 1. The molecule has 9 heteroatoms. The predicted octanol–water partition coefficient (Wildman–Crippen LogP) is 3.52. The Balaban J connectivity index is 1.51. The molecule has 1 amide bonds. The zero-order chi connectivity index (χ0) is 21.6. The minimum Gasteiger partial charge on any atom is -0.497 e. The van der Waals surface area contributed by atoms with Gasteiger partial charge in [-0.25, -0.2) is 0 Å². The summed E-state index contributed by atoms with van der Waals surface area (Å²) in [5, 5.41) is 12.1. The second-order valence-electron chi connectivity index (χ2n) is 7.34. The van der Waals surface area contributed by atoms with Crippen molar-refractivity contribution in [1.29, 1.82) is 0 Å². The van der Waals surface area contributed by atoms with E-state index in [-0.39, 0.29) is 17.3 Å². The number of nitrogens with zero attached hydrogens (tertiary/aromatic N) is 3. The summed E-state index contributed by atoms with van der Waals surface area (Å²) < 4.78 is 18.4. The predicted molar refractivity (Wildman–Crippen MR) is 117 cm³/mol. The highest BCUT2D eigenvalue weighted by atomic mass is 32.2. The van der Waals surface area contributed by atoms with E-state index in [0.29, 0.717) is 24.0 Å². The van der Waals surface area contributed by atoms with Crippen LogP contribution in [0.15, 0.2) is 52.2 Å². The van der Waals surface area contributed by atoms with Gasteiger partial charge in [0.25, 0.3) is 0 Å². The number of benzene rings is 1. The first kappa shape index (κ1) is 21.5. The Bertz CT molecular complexity index is 982. The molecule has 8 nitrogen and oxygen atoms in total. The zero-order valence-electron chi connectivity index (χ0n) is 17.6. The van der Waals surface area contributed by atoms with Gasteiger partial charge in [-0.2, -0.15) is 0 Å². The minimum atomic E-state index is -0.342. The third-order valence-electron chi connectivity index (χ3n) is 5.14. The molecule has 0 saturated carbocycles. The molecule has 4 rings (SSSR count). The zero-order valence-corrected chi connectivity index (χ0v) is 18.4. The topological polar surface area (TPSA) is 91.4 Å². The first-order valence-electron chi connectivity index (χ1n) is 10.3. The summed E-state index contributed by atoms with van der Waals surface area (Å²) in [4.78, 5) is 12.6. The number of carbonyl (C=O) groups is 1. The normalized spacial score (nSPS) is 16.9. The van der Waals surface area contributed by atoms with Gasteiger partial charge >= 0.3 is 0 Å². The van der Waals surface area contributed by atoms with Crippen molar-refractivity contribution in [1.82, 2.24) is 20.1 Å². The molecule has 0 aliphatic carbocycles. The summed E-state index contributed by atoms with van der Waals surface area (Å²) in [5.41, 5.74) is 0.938. The number of hydrogen-bond donors (Lipinski definition) is 1. The van der Waals surface area contributed by atoms with E-state index >= 15 is 0 Å². The van der Waals surface area contributed by atoms with Crippen LogP contribution in [0.25, 0.3) is 11.4 Å². The summed E-state index contributed by atoms with van der Waals surface area (Å²) >= 11 is 1.39. The van der Waals surface area contributed by atoms with Gasteiger partial charge in [0.1, 0.15) is 11.5 Å². The summed E-state index contributed by atoms with van der Waals surface area (Å²) in [5.74, 6) is 2.17. The molecule has 1 N–H and O–H groups in total. The standard InChI is InChI=1S/C22H26N4O4S/c1-15(21(27)23-13-18-5-3-11-29-18)31-22-25-24-20(16-7-9-17(28-2)10-8-16)26(22)14-19-6-4-12-30-19/h3,5,7-11,15,19H,4,6,12-14H2,1-2H3,(H,23,27)/t15-,19-/m1/s1. The Hall–Kier alpha value is -2.78. The highest BCUT2D eigenvalue weighted by Gasteiger charge is 2.24. The maximum atomic E-state index is 12.6. The lowest BCUT2D eigenvalue weighted by atomic mass is 10.2. The molecule has 0 bridgehead atoms. The summed E-state index contributed by atoms with van der Waals surface area (Å²) in [6, 6.07) is 11.4. The number of hydrogen-bond acceptors (Lipinski definition) is 7. The molecule has 0 radical (unpaired) electrons. The van der Waals surface area contributed by atoms with Crippen molar-refractivity contribution in [2.24, 2.45) is 0 Å². The smallest absolute Gasteiger partial charge is 0.233 e. The van der Waals surface area contributed by atoms with Gasteiger partial charge in [-0.15, -0.1) is 10.2 Å². The SMILES string of the molecule is COc1ccc(-c2nnc(S[C@H](C)C(=O)NCc3ccco3)n2C[C@H]2CCCO2)cc1. The van der Waals surface area contributed by atoms with Crippen LogP contribution in [0.4, 0.5) is 0 Å². The van der Waals surface area contributed by atoms with Crippen LogP contribution in [0.2, 0.25) is 0 Å². The summed E-state index contributed by atoms with van der Waals surface area (Å²) in [7, 11) is 1.64. The number of amides is 1. The molecule has 0 spiro atoms. The average Bonchev–Trinajstić information content (AvgIpc) is 3.56. The van der Waals surface area contributed by atoms with E-state index in [1.54, 1.807) is 19.4 Å². The van der Waals surface area contributed by atoms with E-state index in [2.05, 4.69) is 20.1 Å². The fourth-order valence-electron chi connectivity index (χ4n) is 3.43. The molecule has 1 aromatic carbocycles. The summed E-state index contributed by atoms with van der Waals surface area (Å²) in [6.45, 7) is 3.65. The quantitative estimate of drug-likeness (QED) is 0.507. The van der Waals surface area contributed by atoms with Crippen molar-refractivity contribution < 1.29 is 18.7 Å². The van der Waals surface area contributed by atoms with Gasteiger partial charge in [0.15, 0.2) is 11.0 Å². The van der Waals surface area contributed by atoms with E-state index < -0.39 is 0 Å². The van der Waals surface area contributed by atoms with Crippen molar-refractivity contribution >= 4 is 17.7 Å². The van der Waals surface area contributed by atoms with Gasteiger partial charge in [0.2, 0.25) is 5.91 Å². The first-order valence-corrected chi connectivity index (χ1v) is 11.2. The number of rotatable bonds is 9. The van der Waals surface area contributed by atoms with Crippen molar-refractivity contribution in [2.75, 3.05) is 13.7 Å². The van der Waals surface area contributed by atoms with Crippen molar-refractivity contribution in [3.63, 3.8) is 0 Å². The second kappa shape index (κ2) is 10.0. The molecular weight excluding hydrogens is 416 g/mol. The molecule has 3 heterocycles. The van der Waals surface area contributed by atoms with E-state index in [0.717, 1.165) is 36.6 Å². The molecule has 0 unspecified atom stereocenters. The van der Waals surface area contributed by atoms with Crippen molar-refractivity contribution in [2.45, 2.75) is 49.4 Å². The highest BCUT2D eigenvalue weighted by molar-refractivity contribution is 8.00. The van der Waals surface area contributed by atoms with Gasteiger partial charge in [0.05, 0.1) is 37.8 Å². The van der Waals surface area contributed by atoms with Crippen LogP contribution < -0.4 is 10.1 Å². The maximum Gasteiger partial charge on any atom is 0.233 e. The maximum absolute atomic E-state index is 12.6. The lowest BCUT2D eigenvalue weighted by Gasteiger charge is -2.16. The molecule has 3 aromatic rings. The fourth-order valence-corrected chi connectivity index (χ4v) is 4.31. The molecule has 2 aromatic heterocycles. The van der Waals surface area contributed by atoms with Crippen LogP contribution in [-0.4, -0.2) is 45.7 Å². The molecule has 1 aliphatic rings. The van der Waals surface area contributed by atoms with Crippen molar-refractivity contribution in [3.05, 3.63) is 48.4 Å². The first-order chi connectivity index (χ1) is 15.1. The monoisotopic (exact) mass is 442 g/mol. The third-order valence-corrected chi connectivity index (χ3v) is 6.22. The number of ether oxygens (including phenoxy) is 2. The number of thioether (sulfide) groups is 1. The van der Waals surface area contributed by atoms with Crippen LogP contribution in [0.1, 0.15) is 25.5 Å². The van der Waals surface area contributed by atoms with Crippen LogP contribution in [0.3, 0.4) is 0 Å². The largest absolute Gasteiger partial charge is 0.497 e. The van der Waals surface area contributed by atoms with Crippen molar-refractivity contribution in [3.8, 4) is 17.1 Å². The molecule has 1 aliphatic heterocycles. The van der Waals surface area contributed by atoms with E-state index in [1.165, 1.54) is 11.8 Å². The van der Waals surface area contributed by atoms with Gasteiger partial charge in [-0.05, 0) is 56.2 Å². The molecule has 164 valence electrons. The Morgan fingerprint density at radius 1 is 1.32 bits per heavy atom. The Morgan fingerprint density at radius 3 is 2.84 bits per heavy atom. The van der Waals surface area contributed by atoms with Gasteiger partial charge < -0.3 is 19.2 Å². The van der Waals surface area contributed by atoms with Gasteiger partial charge in [0, 0.05) is 12.2 Å². The van der Waals surface area contributed by atoms with Crippen LogP contribution in [0, 0.1) is 0 Å². The lowest BCUT2D eigenvalue weighted by molar-refractivity contribution is -0.120.